The quantitative estimate of drug-likeness (QED) is 0.493. The van der Waals surface area contributed by atoms with Gasteiger partial charge in [0, 0.05) is 5.71 Å². The average molecular weight is 318 g/mol. The molecular weight excluding hydrogens is 303 g/mol. The fourth-order valence-corrected chi connectivity index (χ4v) is 2.82. The van der Waals surface area contributed by atoms with Crippen molar-refractivity contribution in [3.05, 3.63) is 30.3 Å². The number of benzene rings is 1. The van der Waals surface area contributed by atoms with E-state index in [0.717, 1.165) is 5.01 Å². The van der Waals surface area contributed by atoms with Gasteiger partial charge in [0.25, 0.3) is 5.91 Å². The Balaban J connectivity index is 0.00000220. The van der Waals surface area contributed by atoms with E-state index in [2.05, 4.69) is 5.10 Å². The van der Waals surface area contributed by atoms with Gasteiger partial charge in [-0.1, -0.05) is 18.2 Å². The molecule has 0 N–H and O–H groups in total. The molecule has 0 saturated carbocycles. The van der Waals surface area contributed by atoms with Crippen LogP contribution in [0.2, 0.25) is 0 Å². The first kappa shape index (κ1) is 18.3. The number of amides is 1. The minimum atomic E-state index is -4.64. The van der Waals surface area contributed by atoms with Crippen molar-refractivity contribution in [1.82, 2.24) is 0 Å². The molecule has 0 saturated heterocycles. The molecule has 1 aliphatic rings. The van der Waals surface area contributed by atoms with E-state index in [4.69, 9.17) is 0 Å². The molecule has 108 valence electrons. The molecule has 1 aromatic rings. The molecule has 0 radical (unpaired) electrons. The van der Waals surface area contributed by atoms with Gasteiger partial charge in [0.2, 0.25) is 0 Å². The minimum absolute atomic E-state index is 0. The summed E-state index contributed by atoms with van der Waals surface area (Å²) < 4.78 is 32.4. The molecule has 8 heteroatoms. The predicted molar refractivity (Wildman–Crippen MR) is 74.3 cm³/mol. The molecule has 0 bridgehead atoms. The molecule has 2 rings (SSSR count). The zero-order valence-corrected chi connectivity index (χ0v) is 15.2. The normalized spacial score (nSPS) is 19.2. The number of hydrogen-bond acceptors (Lipinski definition) is 5. The zero-order valence-electron chi connectivity index (χ0n) is 12.4. The van der Waals surface area contributed by atoms with Gasteiger partial charge >= 0.3 is 29.6 Å². The second kappa shape index (κ2) is 6.18. The van der Waals surface area contributed by atoms with Crippen molar-refractivity contribution in [3.8, 4) is 0 Å². The Kier molecular flexibility index (Phi) is 5.39. The van der Waals surface area contributed by atoms with Crippen LogP contribution in [0.1, 0.15) is 20.8 Å². The molecule has 6 nitrogen and oxygen atoms in total. The maximum absolute atomic E-state index is 12.4. The molecule has 1 atom stereocenters. The van der Waals surface area contributed by atoms with E-state index in [9.17, 15) is 17.8 Å². The Labute approximate surface area is 146 Å². The Hall–Kier alpha value is -0.730. The monoisotopic (exact) mass is 318 g/mol. The van der Waals surface area contributed by atoms with Crippen LogP contribution in [-0.2, 0) is 14.9 Å². The summed E-state index contributed by atoms with van der Waals surface area (Å²) in [5.74, 6) is -1.57. The van der Waals surface area contributed by atoms with E-state index in [1.165, 1.54) is 13.8 Å². The second-order valence-electron chi connectivity index (χ2n) is 5.22. The van der Waals surface area contributed by atoms with Gasteiger partial charge in [0.05, 0.1) is 16.4 Å². The number of hydrogen-bond donors (Lipinski definition) is 0. The molecule has 1 amide bonds. The van der Waals surface area contributed by atoms with Crippen LogP contribution in [0.5, 0.6) is 0 Å². The van der Waals surface area contributed by atoms with Gasteiger partial charge in [-0.25, -0.2) is 13.4 Å². The zero-order chi connectivity index (χ0) is 15.1. The van der Waals surface area contributed by atoms with E-state index >= 15 is 0 Å². The Morgan fingerprint density at radius 2 is 1.76 bits per heavy atom. The van der Waals surface area contributed by atoms with Gasteiger partial charge in [-0.3, -0.25) is 4.79 Å². The Morgan fingerprint density at radius 3 is 2.24 bits per heavy atom. The van der Waals surface area contributed by atoms with Gasteiger partial charge in [0.15, 0.2) is 0 Å². The first-order valence-electron chi connectivity index (χ1n) is 6.06. The summed E-state index contributed by atoms with van der Waals surface area (Å²) in [4.78, 5) is 12.4. The van der Waals surface area contributed by atoms with Crippen LogP contribution in [0.25, 0.3) is 0 Å². The van der Waals surface area contributed by atoms with E-state index in [1.54, 1.807) is 37.3 Å². The molecule has 0 aliphatic carbocycles. The molecular formula is C13H15N2NaO4S. The van der Waals surface area contributed by atoms with Gasteiger partial charge in [-0.2, -0.15) is 5.10 Å². The van der Waals surface area contributed by atoms with Crippen molar-refractivity contribution < 1.29 is 47.3 Å². The Morgan fingerprint density at radius 1 is 1.24 bits per heavy atom. The standard InChI is InChI=1S/C13H16N2O4S.Na/c1-9-11(13(2,3)20(17,18)19)12(16)15(14-9)10-7-5-4-6-8-10;/h4-8,11H,1-3H3,(H,17,18,19);/q;+1/p-1. The van der Waals surface area contributed by atoms with Gasteiger partial charge in [0.1, 0.15) is 10.1 Å². The molecule has 0 aromatic heterocycles. The third-order valence-corrected chi connectivity index (χ3v) is 5.00. The number of nitrogens with zero attached hydrogens (tertiary/aromatic N) is 2. The van der Waals surface area contributed by atoms with E-state index in [-0.39, 0.29) is 29.6 Å². The van der Waals surface area contributed by atoms with Crippen LogP contribution in [0.3, 0.4) is 0 Å². The number of carbonyl (C=O) groups is 1. The third-order valence-electron chi connectivity index (χ3n) is 3.47. The first-order valence-corrected chi connectivity index (χ1v) is 7.46. The smallest absolute Gasteiger partial charge is 0.748 e. The summed E-state index contributed by atoms with van der Waals surface area (Å²) in [7, 11) is -4.64. The van der Waals surface area contributed by atoms with Gasteiger partial charge in [-0.05, 0) is 32.9 Å². The summed E-state index contributed by atoms with van der Waals surface area (Å²) in [6.45, 7) is 4.06. The molecule has 1 heterocycles. The Bertz CT molecular complexity index is 671. The van der Waals surface area contributed by atoms with Crippen LogP contribution < -0.4 is 34.6 Å². The number of hydrazone groups is 1. The number of para-hydroxylation sites is 1. The van der Waals surface area contributed by atoms with Gasteiger partial charge < -0.3 is 4.55 Å². The van der Waals surface area contributed by atoms with Crippen LogP contribution in [0, 0.1) is 5.92 Å². The third kappa shape index (κ3) is 3.22. The summed E-state index contributed by atoms with van der Waals surface area (Å²) >= 11 is 0. The van der Waals surface area contributed by atoms with Crippen LogP contribution in [0.15, 0.2) is 35.4 Å². The van der Waals surface area contributed by atoms with E-state index in [0.29, 0.717) is 11.4 Å². The van der Waals surface area contributed by atoms with Crippen molar-refractivity contribution >= 4 is 27.4 Å². The summed E-state index contributed by atoms with van der Waals surface area (Å²) in [6.07, 6.45) is 0. The summed E-state index contributed by atoms with van der Waals surface area (Å²) in [5.41, 5.74) is 0.863. The number of anilines is 1. The fourth-order valence-electron chi connectivity index (χ4n) is 2.26. The molecule has 21 heavy (non-hydrogen) atoms. The predicted octanol–water partition coefficient (Wildman–Crippen LogP) is -1.65. The van der Waals surface area contributed by atoms with Crippen molar-refractivity contribution in [2.75, 3.05) is 5.01 Å². The first-order chi connectivity index (χ1) is 9.16. The number of rotatable bonds is 3. The summed E-state index contributed by atoms with van der Waals surface area (Å²) in [6, 6.07) is 8.67. The van der Waals surface area contributed by atoms with Gasteiger partial charge in [-0.15, -0.1) is 0 Å². The molecule has 0 fully saturated rings. The maximum atomic E-state index is 12.4. The SMILES string of the molecule is CC1=NN(c2ccccc2)C(=O)C1C(C)(C)S(=O)(=O)[O-].[Na+]. The fraction of sp³-hybridized carbons (Fsp3) is 0.385. The average Bonchev–Trinajstić information content (AvgIpc) is 2.65. The number of carbonyl (C=O) groups excluding carboxylic acids is 1. The molecule has 1 unspecified atom stereocenters. The molecule has 1 aromatic carbocycles. The molecule has 0 spiro atoms. The van der Waals surface area contributed by atoms with E-state index < -0.39 is 26.7 Å². The van der Waals surface area contributed by atoms with Crippen molar-refractivity contribution in [2.45, 2.75) is 25.5 Å². The largest absolute Gasteiger partial charge is 1.00 e. The second-order valence-corrected chi connectivity index (χ2v) is 7.18. The van der Waals surface area contributed by atoms with Crippen molar-refractivity contribution in [3.63, 3.8) is 0 Å². The maximum Gasteiger partial charge on any atom is 1.00 e. The van der Waals surface area contributed by atoms with Crippen LogP contribution in [-0.4, -0.2) is 29.3 Å². The van der Waals surface area contributed by atoms with Crippen LogP contribution >= 0.6 is 0 Å². The van der Waals surface area contributed by atoms with E-state index in [1.807, 2.05) is 0 Å². The summed E-state index contributed by atoms with van der Waals surface area (Å²) in [5, 5.41) is 5.24. The van der Waals surface area contributed by atoms with Crippen LogP contribution in [0.4, 0.5) is 5.69 Å². The minimum Gasteiger partial charge on any atom is -0.748 e. The molecule has 1 aliphatic heterocycles. The van der Waals surface area contributed by atoms with Crippen molar-refractivity contribution in [1.29, 1.82) is 0 Å². The van der Waals surface area contributed by atoms with Crippen molar-refractivity contribution in [2.24, 2.45) is 11.0 Å². The topological polar surface area (TPSA) is 89.9 Å².